The normalized spacial score (nSPS) is 25.3. The molecule has 0 aromatic carbocycles. The zero-order valence-corrected chi connectivity index (χ0v) is 13.0. The first kappa shape index (κ1) is 14.5. The number of ether oxygens (including phenoxy) is 1. The maximum Gasteiger partial charge on any atom is 0.264 e. The molecule has 3 rings (SSSR count). The topological polar surface area (TPSA) is 49.9 Å². The van der Waals surface area contributed by atoms with Crippen molar-refractivity contribution in [3.63, 3.8) is 0 Å². The molecule has 3 heterocycles. The minimum atomic E-state index is 0.110. The van der Waals surface area contributed by atoms with Crippen LogP contribution in [0, 0.1) is 0 Å². The molecule has 0 unspecified atom stereocenters. The summed E-state index contributed by atoms with van der Waals surface area (Å²) in [5.74, 6) is 0.303. The average molecular weight is 308 g/mol. The van der Waals surface area contributed by atoms with Gasteiger partial charge < -0.3 is 14.5 Å². The summed E-state index contributed by atoms with van der Waals surface area (Å²) in [6.07, 6.45) is 2.18. The van der Waals surface area contributed by atoms with Gasteiger partial charge in [0, 0.05) is 26.6 Å². The molecule has 2 amide bonds. The van der Waals surface area contributed by atoms with Crippen LogP contribution in [0.15, 0.2) is 17.5 Å². The minimum Gasteiger partial charge on any atom is -0.383 e. The van der Waals surface area contributed by atoms with E-state index >= 15 is 0 Å². The number of piperidine rings is 1. The Morgan fingerprint density at radius 3 is 3.00 bits per heavy atom. The zero-order valence-electron chi connectivity index (χ0n) is 12.2. The number of carbonyl (C=O) groups excluding carboxylic acids is 2. The van der Waals surface area contributed by atoms with Crippen LogP contribution in [0.2, 0.25) is 0 Å². The largest absolute Gasteiger partial charge is 0.383 e. The number of hydrogen-bond acceptors (Lipinski definition) is 4. The van der Waals surface area contributed by atoms with E-state index in [1.807, 2.05) is 27.3 Å². The van der Waals surface area contributed by atoms with Gasteiger partial charge in [0.05, 0.1) is 23.6 Å². The summed E-state index contributed by atoms with van der Waals surface area (Å²) < 4.78 is 5.10. The van der Waals surface area contributed by atoms with Gasteiger partial charge in [0.1, 0.15) is 0 Å². The van der Waals surface area contributed by atoms with Crippen molar-refractivity contribution in [1.82, 2.24) is 9.80 Å². The molecule has 0 saturated carbocycles. The van der Waals surface area contributed by atoms with E-state index in [9.17, 15) is 9.59 Å². The molecule has 0 radical (unpaired) electrons. The van der Waals surface area contributed by atoms with Gasteiger partial charge in [0.2, 0.25) is 5.91 Å². The summed E-state index contributed by atoms with van der Waals surface area (Å²) in [6, 6.07) is 4.09. The SMILES string of the molecule is COCCN1C(=O)CC[C@H]2[C@H]1CCN2C(=O)c1cccs1. The van der Waals surface area contributed by atoms with Crippen LogP contribution in [-0.2, 0) is 9.53 Å². The lowest BCUT2D eigenvalue weighted by Crippen LogP contribution is -2.53. The zero-order chi connectivity index (χ0) is 14.8. The highest BCUT2D eigenvalue weighted by atomic mass is 32.1. The van der Waals surface area contributed by atoms with Crippen LogP contribution in [0.4, 0.5) is 0 Å². The van der Waals surface area contributed by atoms with Crippen LogP contribution in [0.25, 0.3) is 0 Å². The van der Waals surface area contributed by atoms with Crippen molar-refractivity contribution in [1.29, 1.82) is 0 Å². The van der Waals surface area contributed by atoms with Crippen molar-refractivity contribution in [2.45, 2.75) is 31.3 Å². The molecule has 5 nitrogen and oxygen atoms in total. The number of fused-ring (bicyclic) bond motifs is 1. The third kappa shape index (κ3) is 2.70. The second kappa shape index (κ2) is 6.15. The third-order valence-corrected chi connectivity index (χ3v) is 5.27. The predicted molar refractivity (Wildman–Crippen MR) is 80.4 cm³/mol. The number of amides is 2. The predicted octanol–water partition coefficient (Wildman–Crippen LogP) is 1.60. The van der Waals surface area contributed by atoms with E-state index in [1.165, 1.54) is 11.3 Å². The van der Waals surface area contributed by atoms with Gasteiger partial charge in [-0.2, -0.15) is 0 Å². The monoisotopic (exact) mass is 308 g/mol. The van der Waals surface area contributed by atoms with E-state index in [-0.39, 0.29) is 23.9 Å². The lowest BCUT2D eigenvalue weighted by atomic mass is 9.96. The van der Waals surface area contributed by atoms with Crippen LogP contribution in [0.3, 0.4) is 0 Å². The summed E-state index contributed by atoms with van der Waals surface area (Å²) in [6.45, 7) is 1.91. The molecule has 114 valence electrons. The first-order valence-corrected chi connectivity index (χ1v) is 8.23. The van der Waals surface area contributed by atoms with Gasteiger partial charge in [0.25, 0.3) is 5.91 Å². The fourth-order valence-electron chi connectivity index (χ4n) is 3.42. The maximum atomic E-state index is 12.6. The molecule has 0 aliphatic carbocycles. The van der Waals surface area contributed by atoms with Crippen LogP contribution >= 0.6 is 11.3 Å². The standard InChI is InChI=1S/C15H20N2O3S/c1-20-9-8-16-12-6-7-17(11(12)4-5-14(16)18)15(19)13-3-2-10-21-13/h2-3,10-12H,4-9H2,1H3/t11-,12+/m0/s1. The van der Waals surface area contributed by atoms with Crippen LogP contribution in [0.1, 0.15) is 28.9 Å². The smallest absolute Gasteiger partial charge is 0.264 e. The fourth-order valence-corrected chi connectivity index (χ4v) is 4.10. The molecular weight excluding hydrogens is 288 g/mol. The van der Waals surface area contributed by atoms with Gasteiger partial charge >= 0.3 is 0 Å². The average Bonchev–Trinajstić information content (AvgIpc) is 3.15. The molecule has 21 heavy (non-hydrogen) atoms. The van der Waals surface area contributed by atoms with Crippen molar-refractivity contribution < 1.29 is 14.3 Å². The molecule has 0 bridgehead atoms. The number of methoxy groups -OCH3 is 1. The van der Waals surface area contributed by atoms with Gasteiger partial charge in [-0.15, -0.1) is 11.3 Å². The molecule has 1 aromatic heterocycles. The Balaban J connectivity index is 1.74. The lowest BCUT2D eigenvalue weighted by Gasteiger charge is -2.39. The van der Waals surface area contributed by atoms with Gasteiger partial charge in [0.15, 0.2) is 0 Å². The molecule has 2 atom stereocenters. The molecule has 0 spiro atoms. The molecule has 6 heteroatoms. The number of thiophene rings is 1. The summed E-state index contributed by atoms with van der Waals surface area (Å²) in [5.41, 5.74) is 0. The van der Waals surface area contributed by atoms with Crippen LogP contribution < -0.4 is 0 Å². The van der Waals surface area contributed by atoms with E-state index < -0.39 is 0 Å². The Bertz CT molecular complexity index is 517. The van der Waals surface area contributed by atoms with Crippen molar-refractivity contribution in [2.24, 2.45) is 0 Å². The number of carbonyl (C=O) groups is 2. The highest BCUT2D eigenvalue weighted by molar-refractivity contribution is 7.12. The quantitative estimate of drug-likeness (QED) is 0.849. The molecule has 2 saturated heterocycles. The highest BCUT2D eigenvalue weighted by Crippen LogP contribution is 2.32. The van der Waals surface area contributed by atoms with Crippen LogP contribution in [0.5, 0.6) is 0 Å². The van der Waals surface area contributed by atoms with Gasteiger partial charge in [-0.3, -0.25) is 9.59 Å². The van der Waals surface area contributed by atoms with Crippen LogP contribution in [-0.4, -0.2) is 60.5 Å². The molecule has 2 fully saturated rings. The number of hydrogen-bond donors (Lipinski definition) is 0. The van der Waals surface area contributed by atoms with Crippen molar-refractivity contribution in [3.8, 4) is 0 Å². The molecule has 2 aliphatic heterocycles. The Hall–Kier alpha value is -1.40. The van der Waals surface area contributed by atoms with Crippen molar-refractivity contribution >= 4 is 23.2 Å². The van der Waals surface area contributed by atoms with Gasteiger partial charge in [-0.1, -0.05) is 6.07 Å². The fraction of sp³-hybridized carbons (Fsp3) is 0.600. The Labute approximate surface area is 128 Å². The van der Waals surface area contributed by atoms with Crippen molar-refractivity contribution in [3.05, 3.63) is 22.4 Å². The minimum absolute atomic E-state index is 0.110. The van der Waals surface area contributed by atoms with E-state index in [1.54, 1.807) is 7.11 Å². The summed E-state index contributed by atoms with van der Waals surface area (Å²) in [4.78, 5) is 29.4. The molecule has 1 aromatic rings. The number of nitrogens with zero attached hydrogens (tertiary/aromatic N) is 2. The van der Waals surface area contributed by atoms with Gasteiger partial charge in [-0.25, -0.2) is 0 Å². The molecule has 0 N–H and O–H groups in total. The van der Waals surface area contributed by atoms with E-state index in [0.717, 1.165) is 24.3 Å². The number of rotatable bonds is 4. The summed E-state index contributed by atoms with van der Waals surface area (Å²) >= 11 is 1.48. The van der Waals surface area contributed by atoms with Gasteiger partial charge in [-0.05, 0) is 24.3 Å². The first-order valence-electron chi connectivity index (χ1n) is 7.35. The summed E-state index contributed by atoms with van der Waals surface area (Å²) in [5, 5.41) is 1.93. The Morgan fingerprint density at radius 1 is 1.43 bits per heavy atom. The molecule has 2 aliphatic rings. The lowest BCUT2D eigenvalue weighted by molar-refractivity contribution is -0.138. The highest BCUT2D eigenvalue weighted by Gasteiger charge is 2.44. The Morgan fingerprint density at radius 2 is 2.29 bits per heavy atom. The van der Waals surface area contributed by atoms with E-state index in [0.29, 0.717) is 19.6 Å². The second-order valence-electron chi connectivity index (χ2n) is 5.52. The first-order chi connectivity index (χ1) is 10.2. The Kier molecular flexibility index (Phi) is 4.26. The van der Waals surface area contributed by atoms with E-state index in [4.69, 9.17) is 4.74 Å². The van der Waals surface area contributed by atoms with Crippen molar-refractivity contribution in [2.75, 3.05) is 26.8 Å². The maximum absolute atomic E-state index is 12.6. The van der Waals surface area contributed by atoms with E-state index in [2.05, 4.69) is 0 Å². The third-order valence-electron chi connectivity index (χ3n) is 4.41. The molecular formula is C15H20N2O3S. The number of likely N-dealkylation sites (tertiary alicyclic amines) is 2. The second-order valence-corrected chi connectivity index (χ2v) is 6.47. The summed E-state index contributed by atoms with van der Waals surface area (Å²) in [7, 11) is 1.65.